The number of aromatic nitrogens is 3. The maximum Gasteiger partial charge on any atom is 0.274 e. The van der Waals surface area contributed by atoms with Gasteiger partial charge in [-0.1, -0.05) is 6.07 Å². The van der Waals surface area contributed by atoms with Crippen LogP contribution in [0.5, 0.6) is 0 Å². The number of nitrogens with one attached hydrogen (secondary N) is 1. The molecular formula is C17H21N5O2. The second-order valence-electron chi connectivity index (χ2n) is 6.03. The van der Waals surface area contributed by atoms with Gasteiger partial charge in [-0.2, -0.15) is 5.10 Å². The van der Waals surface area contributed by atoms with Crippen LogP contribution in [0.15, 0.2) is 30.6 Å². The standard InChI is InChI=1S/C17H21N5O2/c1-12(23)18-10-13-5-6-14(19-11-13)16-4-3-8-22(16)17(24)15-7-9-21(2)20-15/h5-7,9,11,16H,3-4,8,10H2,1-2H3,(H,18,23)/t16-/m0/s1. The van der Waals surface area contributed by atoms with E-state index in [0.717, 1.165) is 30.6 Å². The van der Waals surface area contributed by atoms with Gasteiger partial charge in [-0.25, -0.2) is 0 Å². The van der Waals surface area contributed by atoms with Crippen LogP contribution in [0.4, 0.5) is 0 Å². The van der Waals surface area contributed by atoms with Gasteiger partial charge in [0, 0.05) is 39.5 Å². The lowest BCUT2D eigenvalue weighted by atomic mass is 10.1. The highest BCUT2D eigenvalue weighted by Gasteiger charge is 2.32. The first-order valence-corrected chi connectivity index (χ1v) is 8.04. The first-order valence-electron chi connectivity index (χ1n) is 8.04. The maximum atomic E-state index is 12.7. The monoisotopic (exact) mass is 327 g/mol. The molecular weight excluding hydrogens is 306 g/mol. The minimum absolute atomic E-state index is 0.0191. The highest BCUT2D eigenvalue weighted by atomic mass is 16.2. The van der Waals surface area contributed by atoms with Crippen molar-refractivity contribution in [2.75, 3.05) is 6.54 Å². The average molecular weight is 327 g/mol. The van der Waals surface area contributed by atoms with E-state index in [4.69, 9.17) is 0 Å². The molecule has 0 unspecified atom stereocenters. The van der Waals surface area contributed by atoms with Crippen molar-refractivity contribution in [1.29, 1.82) is 0 Å². The summed E-state index contributed by atoms with van der Waals surface area (Å²) in [5.74, 6) is -0.121. The lowest BCUT2D eigenvalue weighted by molar-refractivity contribution is -0.119. The molecule has 0 aliphatic carbocycles. The Kier molecular flexibility index (Phi) is 4.59. The van der Waals surface area contributed by atoms with Crippen molar-refractivity contribution >= 4 is 11.8 Å². The Bertz CT molecular complexity index is 738. The Morgan fingerprint density at radius 2 is 2.17 bits per heavy atom. The number of nitrogens with zero attached hydrogens (tertiary/aromatic N) is 4. The Hall–Kier alpha value is -2.70. The van der Waals surface area contributed by atoms with Crippen LogP contribution in [0.3, 0.4) is 0 Å². The lowest BCUT2D eigenvalue weighted by Crippen LogP contribution is -2.31. The van der Waals surface area contributed by atoms with Crippen LogP contribution in [0.2, 0.25) is 0 Å². The fourth-order valence-corrected chi connectivity index (χ4v) is 2.96. The SMILES string of the molecule is CC(=O)NCc1ccc([C@@H]2CCCN2C(=O)c2ccn(C)n2)nc1. The van der Waals surface area contributed by atoms with E-state index in [2.05, 4.69) is 15.4 Å². The number of aryl methyl sites for hydroxylation is 1. The second-order valence-corrected chi connectivity index (χ2v) is 6.03. The van der Waals surface area contributed by atoms with E-state index in [9.17, 15) is 9.59 Å². The number of pyridine rings is 1. The molecule has 0 aromatic carbocycles. The van der Waals surface area contributed by atoms with E-state index in [0.29, 0.717) is 12.2 Å². The van der Waals surface area contributed by atoms with Gasteiger partial charge in [-0.05, 0) is 30.5 Å². The fraction of sp³-hybridized carbons (Fsp3) is 0.412. The number of carbonyl (C=O) groups is 2. The highest BCUT2D eigenvalue weighted by molar-refractivity contribution is 5.92. The Morgan fingerprint density at radius 1 is 1.33 bits per heavy atom. The molecule has 1 N–H and O–H groups in total. The van der Waals surface area contributed by atoms with Gasteiger partial charge in [0.05, 0.1) is 11.7 Å². The van der Waals surface area contributed by atoms with E-state index in [-0.39, 0.29) is 17.9 Å². The van der Waals surface area contributed by atoms with E-state index in [1.807, 2.05) is 17.0 Å². The Balaban J connectivity index is 1.73. The summed E-state index contributed by atoms with van der Waals surface area (Å²) in [6.07, 6.45) is 5.38. The van der Waals surface area contributed by atoms with Gasteiger partial charge >= 0.3 is 0 Å². The van der Waals surface area contributed by atoms with Crippen LogP contribution >= 0.6 is 0 Å². The molecule has 2 aromatic rings. The minimum atomic E-state index is -0.0676. The molecule has 7 heteroatoms. The van der Waals surface area contributed by atoms with Crippen LogP contribution < -0.4 is 5.32 Å². The van der Waals surface area contributed by atoms with Crippen molar-refractivity contribution in [3.63, 3.8) is 0 Å². The zero-order chi connectivity index (χ0) is 17.1. The molecule has 2 aromatic heterocycles. The van der Waals surface area contributed by atoms with Crippen LogP contribution in [-0.2, 0) is 18.4 Å². The molecule has 1 atom stereocenters. The van der Waals surface area contributed by atoms with Gasteiger partial charge in [0.25, 0.3) is 5.91 Å². The van der Waals surface area contributed by atoms with Crippen molar-refractivity contribution in [2.45, 2.75) is 32.4 Å². The number of rotatable bonds is 4. The summed E-state index contributed by atoms with van der Waals surface area (Å²) in [6, 6.07) is 5.60. The van der Waals surface area contributed by atoms with E-state index in [1.165, 1.54) is 6.92 Å². The summed E-state index contributed by atoms with van der Waals surface area (Å²) < 4.78 is 1.63. The van der Waals surface area contributed by atoms with Gasteiger partial charge < -0.3 is 10.2 Å². The molecule has 0 saturated carbocycles. The lowest BCUT2D eigenvalue weighted by Gasteiger charge is -2.23. The summed E-state index contributed by atoms with van der Waals surface area (Å²) in [6.45, 7) is 2.67. The Morgan fingerprint density at radius 3 is 2.79 bits per heavy atom. The number of hydrogen-bond donors (Lipinski definition) is 1. The summed E-state index contributed by atoms with van der Waals surface area (Å²) in [7, 11) is 1.80. The number of likely N-dealkylation sites (tertiary alicyclic amines) is 1. The average Bonchev–Trinajstić information content (AvgIpc) is 3.22. The third-order valence-electron chi connectivity index (χ3n) is 4.18. The third-order valence-corrected chi connectivity index (χ3v) is 4.18. The number of hydrogen-bond acceptors (Lipinski definition) is 4. The topological polar surface area (TPSA) is 80.1 Å². The minimum Gasteiger partial charge on any atom is -0.352 e. The second kappa shape index (κ2) is 6.82. The van der Waals surface area contributed by atoms with Crippen molar-refractivity contribution in [3.8, 4) is 0 Å². The molecule has 1 aliphatic rings. The van der Waals surface area contributed by atoms with E-state index < -0.39 is 0 Å². The molecule has 1 aliphatic heterocycles. The first kappa shape index (κ1) is 16.2. The van der Waals surface area contributed by atoms with E-state index >= 15 is 0 Å². The predicted molar refractivity (Wildman–Crippen MR) is 88.0 cm³/mol. The predicted octanol–water partition coefficient (Wildman–Crippen LogP) is 1.43. The number of carbonyl (C=O) groups excluding carboxylic acids is 2. The Labute approximate surface area is 140 Å². The van der Waals surface area contributed by atoms with Crippen LogP contribution in [0, 0.1) is 0 Å². The summed E-state index contributed by atoms with van der Waals surface area (Å²) in [5, 5.41) is 6.95. The largest absolute Gasteiger partial charge is 0.352 e. The quantitative estimate of drug-likeness (QED) is 0.921. The fourth-order valence-electron chi connectivity index (χ4n) is 2.96. The van der Waals surface area contributed by atoms with Crippen molar-refractivity contribution in [1.82, 2.24) is 25.0 Å². The molecule has 3 heterocycles. The van der Waals surface area contributed by atoms with Crippen LogP contribution in [0.1, 0.15) is 47.6 Å². The smallest absolute Gasteiger partial charge is 0.274 e. The summed E-state index contributed by atoms with van der Waals surface area (Å²) in [5.41, 5.74) is 2.28. The first-order chi connectivity index (χ1) is 11.5. The molecule has 0 spiro atoms. The van der Waals surface area contributed by atoms with E-state index in [1.54, 1.807) is 30.2 Å². The van der Waals surface area contributed by atoms with Crippen LogP contribution in [-0.4, -0.2) is 38.0 Å². The van der Waals surface area contributed by atoms with Crippen molar-refractivity contribution < 1.29 is 9.59 Å². The van der Waals surface area contributed by atoms with Gasteiger partial charge in [0.1, 0.15) is 5.69 Å². The molecule has 1 saturated heterocycles. The summed E-state index contributed by atoms with van der Waals surface area (Å²) in [4.78, 5) is 30.0. The molecule has 0 radical (unpaired) electrons. The molecule has 2 amide bonds. The van der Waals surface area contributed by atoms with Crippen molar-refractivity contribution in [2.24, 2.45) is 7.05 Å². The zero-order valence-electron chi connectivity index (χ0n) is 13.9. The molecule has 3 rings (SSSR count). The van der Waals surface area contributed by atoms with Crippen LogP contribution in [0.25, 0.3) is 0 Å². The molecule has 7 nitrogen and oxygen atoms in total. The summed E-state index contributed by atoms with van der Waals surface area (Å²) >= 11 is 0. The molecule has 126 valence electrons. The molecule has 24 heavy (non-hydrogen) atoms. The van der Waals surface area contributed by atoms with Crippen molar-refractivity contribution in [3.05, 3.63) is 47.5 Å². The number of amides is 2. The normalized spacial score (nSPS) is 17.1. The van der Waals surface area contributed by atoms with Gasteiger partial charge in [0.15, 0.2) is 0 Å². The maximum absolute atomic E-state index is 12.7. The van der Waals surface area contributed by atoms with Gasteiger partial charge in [-0.3, -0.25) is 19.3 Å². The third kappa shape index (κ3) is 3.45. The highest BCUT2D eigenvalue weighted by Crippen LogP contribution is 2.31. The molecule has 1 fully saturated rings. The van der Waals surface area contributed by atoms with Gasteiger partial charge in [-0.15, -0.1) is 0 Å². The zero-order valence-corrected chi connectivity index (χ0v) is 13.9. The molecule has 0 bridgehead atoms. The van der Waals surface area contributed by atoms with Gasteiger partial charge in [0.2, 0.25) is 5.91 Å².